The van der Waals surface area contributed by atoms with Gasteiger partial charge in [-0.2, -0.15) is 0 Å². The second kappa shape index (κ2) is 6.45. The fourth-order valence-electron chi connectivity index (χ4n) is 2.64. The van der Waals surface area contributed by atoms with Gasteiger partial charge in [-0.3, -0.25) is 0 Å². The first-order valence-electron chi connectivity index (χ1n) is 7.49. The fourth-order valence-corrected chi connectivity index (χ4v) is 3.30. The number of pyridine rings is 1. The molecule has 0 fully saturated rings. The highest BCUT2D eigenvalue weighted by molar-refractivity contribution is 7.90. The van der Waals surface area contributed by atoms with Crippen LogP contribution in [-0.2, 0) is 21.1 Å². The van der Waals surface area contributed by atoms with Crippen molar-refractivity contribution in [2.45, 2.75) is 39.8 Å². The molecular weight excluding hydrogens is 316 g/mol. The lowest BCUT2D eigenvalue weighted by molar-refractivity contribution is 0.109. The average molecular weight is 340 g/mol. The van der Waals surface area contributed by atoms with E-state index in [4.69, 9.17) is 10.5 Å². The molecule has 7 nitrogen and oxygen atoms in total. The molecule has 0 saturated heterocycles. The van der Waals surface area contributed by atoms with Gasteiger partial charge in [-0.1, -0.05) is 0 Å². The topological polar surface area (TPSA) is 100 Å². The van der Waals surface area contributed by atoms with Crippen LogP contribution in [0.25, 0.3) is 11.0 Å². The van der Waals surface area contributed by atoms with Crippen LogP contribution in [0.15, 0.2) is 0 Å². The summed E-state index contributed by atoms with van der Waals surface area (Å²) in [5.41, 5.74) is 9.41. The third kappa shape index (κ3) is 3.64. The number of nitrogens with two attached hydrogens (primary N) is 1. The minimum Gasteiger partial charge on any atom is -0.382 e. The number of aromatic nitrogens is 3. The highest BCUT2D eigenvalue weighted by atomic mass is 32.2. The maximum atomic E-state index is 11.4. The Bertz CT molecular complexity index is 827. The SMILES string of the molecule is COC(C)c1nc2c(N)nc(C)c(C)c2n1CCCS(C)(=O)=O. The van der Waals surface area contributed by atoms with Crippen LogP contribution in [0.4, 0.5) is 5.82 Å². The highest BCUT2D eigenvalue weighted by Gasteiger charge is 2.21. The lowest BCUT2D eigenvalue weighted by Gasteiger charge is -2.14. The number of nitrogens with zero attached hydrogens (tertiary/aromatic N) is 3. The number of ether oxygens (including phenoxy) is 1. The van der Waals surface area contributed by atoms with E-state index in [-0.39, 0.29) is 11.9 Å². The number of hydrogen-bond acceptors (Lipinski definition) is 6. The van der Waals surface area contributed by atoms with Crippen molar-refractivity contribution in [1.82, 2.24) is 14.5 Å². The van der Waals surface area contributed by atoms with Gasteiger partial charge < -0.3 is 15.0 Å². The first kappa shape index (κ1) is 17.7. The van der Waals surface area contributed by atoms with E-state index in [1.807, 2.05) is 25.3 Å². The Kier molecular flexibility index (Phi) is 4.95. The van der Waals surface area contributed by atoms with E-state index in [2.05, 4.69) is 9.97 Å². The molecule has 1 atom stereocenters. The monoisotopic (exact) mass is 340 g/mol. The molecule has 0 aliphatic heterocycles. The number of methoxy groups -OCH3 is 1. The van der Waals surface area contributed by atoms with E-state index < -0.39 is 9.84 Å². The Labute approximate surface area is 136 Å². The molecule has 1 unspecified atom stereocenters. The quantitative estimate of drug-likeness (QED) is 0.860. The standard InChI is InChI=1S/C15H24N4O3S/c1-9-10(2)17-14(16)12-13(9)19(7-6-8-23(5,20)21)15(18-12)11(3)22-4/h11H,6-8H2,1-5H3,(H2,16,17). The molecule has 2 aromatic rings. The second-order valence-corrected chi connectivity index (χ2v) is 8.15. The number of anilines is 1. The summed E-state index contributed by atoms with van der Waals surface area (Å²) in [5.74, 6) is 1.25. The number of imidazole rings is 1. The predicted molar refractivity (Wildman–Crippen MR) is 91.2 cm³/mol. The van der Waals surface area contributed by atoms with Gasteiger partial charge in [0.25, 0.3) is 0 Å². The van der Waals surface area contributed by atoms with Crippen molar-refractivity contribution in [2.75, 3.05) is 24.9 Å². The normalized spacial score (nSPS) is 13.6. The third-order valence-electron chi connectivity index (χ3n) is 4.04. The number of hydrogen-bond donors (Lipinski definition) is 1. The Balaban J connectivity index is 2.57. The number of sulfone groups is 1. The first-order valence-corrected chi connectivity index (χ1v) is 9.55. The lowest BCUT2D eigenvalue weighted by Crippen LogP contribution is -2.12. The van der Waals surface area contributed by atoms with Crippen molar-refractivity contribution in [3.05, 3.63) is 17.1 Å². The maximum Gasteiger partial charge on any atom is 0.151 e. The molecule has 0 radical (unpaired) electrons. The van der Waals surface area contributed by atoms with E-state index in [0.717, 1.165) is 22.6 Å². The van der Waals surface area contributed by atoms with Gasteiger partial charge in [-0.05, 0) is 32.8 Å². The van der Waals surface area contributed by atoms with E-state index >= 15 is 0 Å². The highest BCUT2D eigenvalue weighted by Crippen LogP contribution is 2.29. The summed E-state index contributed by atoms with van der Waals surface area (Å²) in [6, 6.07) is 0. The second-order valence-electron chi connectivity index (χ2n) is 5.89. The molecule has 0 amide bonds. The summed E-state index contributed by atoms with van der Waals surface area (Å²) >= 11 is 0. The minimum absolute atomic E-state index is 0.131. The van der Waals surface area contributed by atoms with Gasteiger partial charge in [0.15, 0.2) is 5.82 Å². The molecule has 0 aromatic carbocycles. The number of aryl methyl sites for hydroxylation is 3. The Hall–Kier alpha value is -1.67. The van der Waals surface area contributed by atoms with Crippen LogP contribution in [0.1, 0.15) is 36.5 Å². The van der Waals surface area contributed by atoms with Crippen LogP contribution < -0.4 is 5.73 Å². The molecule has 0 aliphatic carbocycles. The smallest absolute Gasteiger partial charge is 0.151 e. The molecule has 2 heterocycles. The molecule has 0 aliphatic rings. The van der Waals surface area contributed by atoms with Gasteiger partial charge in [-0.15, -0.1) is 0 Å². The summed E-state index contributed by atoms with van der Waals surface area (Å²) < 4.78 is 30.2. The summed E-state index contributed by atoms with van der Waals surface area (Å²) in [4.78, 5) is 8.93. The summed E-state index contributed by atoms with van der Waals surface area (Å²) in [6.45, 7) is 6.31. The van der Waals surface area contributed by atoms with Crippen molar-refractivity contribution >= 4 is 26.7 Å². The van der Waals surface area contributed by atoms with Gasteiger partial charge in [0.1, 0.15) is 27.3 Å². The molecule has 0 spiro atoms. The van der Waals surface area contributed by atoms with Crippen LogP contribution in [0, 0.1) is 13.8 Å². The minimum atomic E-state index is -3.00. The lowest BCUT2D eigenvalue weighted by atomic mass is 10.2. The Morgan fingerprint density at radius 3 is 2.52 bits per heavy atom. The van der Waals surface area contributed by atoms with Crippen LogP contribution in [0.2, 0.25) is 0 Å². The van der Waals surface area contributed by atoms with Crippen LogP contribution in [0.5, 0.6) is 0 Å². The fraction of sp³-hybridized carbons (Fsp3) is 0.600. The molecule has 8 heteroatoms. The summed E-state index contributed by atoms with van der Waals surface area (Å²) in [5, 5.41) is 0. The third-order valence-corrected chi connectivity index (χ3v) is 5.07. The molecule has 2 N–H and O–H groups in total. The zero-order chi connectivity index (χ0) is 17.4. The van der Waals surface area contributed by atoms with Gasteiger partial charge >= 0.3 is 0 Å². The Morgan fingerprint density at radius 2 is 1.96 bits per heavy atom. The molecule has 23 heavy (non-hydrogen) atoms. The van der Waals surface area contributed by atoms with Gasteiger partial charge in [-0.25, -0.2) is 18.4 Å². The molecule has 2 aromatic heterocycles. The zero-order valence-corrected chi connectivity index (χ0v) is 15.1. The molecule has 0 saturated carbocycles. The van der Waals surface area contributed by atoms with Gasteiger partial charge in [0, 0.05) is 25.6 Å². The van der Waals surface area contributed by atoms with Gasteiger partial charge in [0.05, 0.1) is 11.3 Å². The van der Waals surface area contributed by atoms with E-state index in [9.17, 15) is 8.42 Å². The van der Waals surface area contributed by atoms with Gasteiger partial charge in [0.2, 0.25) is 0 Å². The molecule has 128 valence electrons. The molecule has 2 rings (SSSR count). The number of rotatable bonds is 6. The van der Waals surface area contributed by atoms with Crippen molar-refractivity contribution in [3.63, 3.8) is 0 Å². The van der Waals surface area contributed by atoms with Crippen LogP contribution >= 0.6 is 0 Å². The van der Waals surface area contributed by atoms with Crippen molar-refractivity contribution < 1.29 is 13.2 Å². The average Bonchev–Trinajstić information content (AvgIpc) is 2.83. The largest absolute Gasteiger partial charge is 0.382 e. The Morgan fingerprint density at radius 1 is 1.30 bits per heavy atom. The molecule has 0 bridgehead atoms. The number of fused-ring (bicyclic) bond motifs is 1. The van der Waals surface area contributed by atoms with E-state index in [1.165, 1.54) is 6.26 Å². The molecular formula is C15H24N4O3S. The van der Waals surface area contributed by atoms with E-state index in [0.29, 0.717) is 24.3 Å². The maximum absolute atomic E-state index is 11.4. The van der Waals surface area contributed by atoms with Crippen LogP contribution in [-0.4, -0.2) is 42.1 Å². The predicted octanol–water partition coefficient (Wildman–Crippen LogP) is 1.77. The summed E-state index contributed by atoms with van der Waals surface area (Å²) in [6.07, 6.45) is 1.53. The summed E-state index contributed by atoms with van der Waals surface area (Å²) in [7, 11) is -1.38. The van der Waals surface area contributed by atoms with E-state index in [1.54, 1.807) is 7.11 Å². The van der Waals surface area contributed by atoms with Crippen molar-refractivity contribution in [1.29, 1.82) is 0 Å². The van der Waals surface area contributed by atoms with Crippen molar-refractivity contribution in [3.8, 4) is 0 Å². The zero-order valence-electron chi connectivity index (χ0n) is 14.3. The van der Waals surface area contributed by atoms with Crippen LogP contribution in [0.3, 0.4) is 0 Å². The van der Waals surface area contributed by atoms with Crippen molar-refractivity contribution in [2.24, 2.45) is 0 Å². The first-order chi connectivity index (χ1) is 10.7. The number of nitrogen functional groups attached to an aromatic ring is 1.